The number of nitrogens with one attached hydrogen (secondary N) is 1. The minimum atomic E-state index is -0.333. The van der Waals surface area contributed by atoms with Gasteiger partial charge in [0, 0.05) is 12.5 Å². The molecule has 2 aliphatic rings. The molecule has 1 fully saturated rings. The van der Waals surface area contributed by atoms with E-state index in [1.807, 2.05) is 24.3 Å². The molecule has 1 heterocycles. The highest BCUT2D eigenvalue weighted by molar-refractivity contribution is 5.82. The zero-order valence-corrected chi connectivity index (χ0v) is 11.2. The molecule has 0 spiro atoms. The van der Waals surface area contributed by atoms with Crippen LogP contribution < -0.4 is 10.1 Å². The fourth-order valence-corrected chi connectivity index (χ4v) is 3.05. The lowest BCUT2D eigenvalue weighted by molar-refractivity contribution is -0.128. The molecule has 102 valence electrons. The molecule has 1 aromatic rings. The summed E-state index contributed by atoms with van der Waals surface area (Å²) in [5.41, 5.74) is 1.14. The number of para-hydroxylation sites is 1. The summed E-state index contributed by atoms with van der Waals surface area (Å²) in [5, 5.41) is 3.17. The predicted molar refractivity (Wildman–Crippen MR) is 74.2 cm³/mol. The molecule has 1 aliphatic heterocycles. The number of amides is 1. The van der Waals surface area contributed by atoms with E-state index in [4.69, 9.17) is 4.74 Å². The number of ether oxygens (including phenoxy) is 1. The van der Waals surface area contributed by atoms with Crippen molar-refractivity contribution in [1.82, 2.24) is 5.32 Å². The van der Waals surface area contributed by atoms with Crippen LogP contribution >= 0.6 is 0 Å². The van der Waals surface area contributed by atoms with Crippen LogP contribution in [0.25, 0.3) is 0 Å². The van der Waals surface area contributed by atoms with Crippen molar-refractivity contribution in [3.63, 3.8) is 0 Å². The summed E-state index contributed by atoms with van der Waals surface area (Å²) in [6, 6.07) is 8.27. The molecule has 1 saturated carbocycles. The normalized spacial score (nSPS) is 23.3. The zero-order chi connectivity index (χ0) is 13.1. The molecule has 1 N–H and O–H groups in total. The number of hydrogen-bond donors (Lipinski definition) is 1. The Morgan fingerprint density at radius 3 is 2.58 bits per heavy atom. The first-order chi connectivity index (χ1) is 9.33. The van der Waals surface area contributed by atoms with E-state index in [0.29, 0.717) is 12.5 Å². The van der Waals surface area contributed by atoms with Gasteiger partial charge in [-0.25, -0.2) is 0 Å². The van der Waals surface area contributed by atoms with E-state index in [1.54, 1.807) is 0 Å². The number of benzene rings is 1. The Morgan fingerprint density at radius 1 is 1.11 bits per heavy atom. The Kier molecular flexibility index (Phi) is 3.72. The van der Waals surface area contributed by atoms with Crippen molar-refractivity contribution < 1.29 is 9.53 Å². The average molecular weight is 259 g/mol. The van der Waals surface area contributed by atoms with Crippen LogP contribution in [-0.2, 0) is 11.2 Å². The molecular formula is C16H21NO2. The van der Waals surface area contributed by atoms with Gasteiger partial charge in [0.2, 0.25) is 0 Å². The molecule has 0 saturated heterocycles. The van der Waals surface area contributed by atoms with Crippen LogP contribution in [0.15, 0.2) is 24.3 Å². The lowest BCUT2D eigenvalue weighted by Crippen LogP contribution is -2.43. The Balaban J connectivity index is 1.57. The molecule has 0 aromatic heterocycles. The number of fused-ring (bicyclic) bond motifs is 1. The fourth-order valence-electron chi connectivity index (χ4n) is 3.05. The van der Waals surface area contributed by atoms with Crippen LogP contribution in [0, 0.1) is 0 Å². The average Bonchev–Trinajstić information content (AvgIpc) is 2.70. The minimum absolute atomic E-state index is 0.0584. The number of hydrogen-bond acceptors (Lipinski definition) is 2. The third-order valence-electron chi connectivity index (χ3n) is 4.14. The van der Waals surface area contributed by atoms with Crippen molar-refractivity contribution >= 4 is 5.91 Å². The molecule has 3 rings (SSSR count). The van der Waals surface area contributed by atoms with E-state index < -0.39 is 0 Å². The first kappa shape index (κ1) is 12.5. The molecule has 1 amide bonds. The molecule has 1 atom stereocenters. The summed E-state index contributed by atoms with van der Waals surface area (Å²) in [7, 11) is 0. The maximum absolute atomic E-state index is 12.3. The highest BCUT2D eigenvalue weighted by Gasteiger charge is 2.30. The topological polar surface area (TPSA) is 38.3 Å². The summed E-state index contributed by atoms with van der Waals surface area (Å²) in [6.07, 6.45) is 7.68. The van der Waals surface area contributed by atoms with Gasteiger partial charge in [-0.05, 0) is 24.5 Å². The van der Waals surface area contributed by atoms with Gasteiger partial charge in [-0.15, -0.1) is 0 Å². The zero-order valence-electron chi connectivity index (χ0n) is 11.2. The lowest BCUT2D eigenvalue weighted by atomic mass is 10.1. The van der Waals surface area contributed by atoms with Crippen molar-refractivity contribution in [3.8, 4) is 5.75 Å². The van der Waals surface area contributed by atoms with Gasteiger partial charge in [-0.3, -0.25) is 4.79 Å². The first-order valence-electron chi connectivity index (χ1n) is 7.38. The SMILES string of the molecule is O=C(NC1CCCCCC1)[C@H]1Cc2ccccc2O1. The van der Waals surface area contributed by atoms with Gasteiger partial charge in [0.1, 0.15) is 5.75 Å². The second-order valence-electron chi connectivity index (χ2n) is 5.62. The van der Waals surface area contributed by atoms with Crippen LogP contribution in [0.2, 0.25) is 0 Å². The Hall–Kier alpha value is -1.51. The van der Waals surface area contributed by atoms with Crippen molar-refractivity contribution in [3.05, 3.63) is 29.8 Å². The third-order valence-corrected chi connectivity index (χ3v) is 4.14. The van der Waals surface area contributed by atoms with Crippen molar-refractivity contribution in [2.45, 2.75) is 57.1 Å². The van der Waals surface area contributed by atoms with Gasteiger partial charge in [-0.1, -0.05) is 43.9 Å². The first-order valence-corrected chi connectivity index (χ1v) is 7.38. The summed E-state index contributed by atoms with van der Waals surface area (Å²) in [5.74, 6) is 0.923. The van der Waals surface area contributed by atoms with Crippen LogP contribution in [0.4, 0.5) is 0 Å². The maximum Gasteiger partial charge on any atom is 0.261 e. The highest BCUT2D eigenvalue weighted by atomic mass is 16.5. The smallest absolute Gasteiger partial charge is 0.261 e. The Bertz CT molecular complexity index is 425. The van der Waals surface area contributed by atoms with E-state index in [1.165, 1.54) is 25.7 Å². The summed E-state index contributed by atoms with van der Waals surface area (Å²) >= 11 is 0. The Labute approximate surface area is 114 Å². The lowest BCUT2D eigenvalue weighted by Gasteiger charge is -2.18. The van der Waals surface area contributed by atoms with Crippen LogP contribution in [0.3, 0.4) is 0 Å². The standard InChI is InChI=1S/C16H21NO2/c18-16(17-13-8-3-1-2-4-9-13)15-11-12-7-5-6-10-14(12)19-15/h5-7,10,13,15H,1-4,8-9,11H2,(H,17,18)/t15-/m1/s1. The Morgan fingerprint density at radius 2 is 1.84 bits per heavy atom. The molecule has 0 radical (unpaired) electrons. The van der Waals surface area contributed by atoms with Gasteiger partial charge >= 0.3 is 0 Å². The second-order valence-corrected chi connectivity index (χ2v) is 5.62. The summed E-state index contributed by atoms with van der Waals surface area (Å²) in [4.78, 5) is 12.3. The quantitative estimate of drug-likeness (QED) is 0.829. The number of carbonyl (C=O) groups excluding carboxylic acids is 1. The van der Waals surface area contributed by atoms with Crippen molar-refractivity contribution in [2.24, 2.45) is 0 Å². The molecule has 1 aromatic carbocycles. The van der Waals surface area contributed by atoms with Crippen LogP contribution in [0.5, 0.6) is 5.75 Å². The van der Waals surface area contributed by atoms with E-state index in [2.05, 4.69) is 5.32 Å². The van der Waals surface area contributed by atoms with Gasteiger partial charge in [0.15, 0.2) is 6.10 Å². The molecule has 0 bridgehead atoms. The van der Waals surface area contributed by atoms with Gasteiger partial charge < -0.3 is 10.1 Å². The fraction of sp³-hybridized carbons (Fsp3) is 0.562. The third kappa shape index (κ3) is 2.91. The van der Waals surface area contributed by atoms with Crippen LogP contribution in [0.1, 0.15) is 44.1 Å². The van der Waals surface area contributed by atoms with E-state index in [9.17, 15) is 4.79 Å². The number of rotatable bonds is 2. The predicted octanol–water partition coefficient (Wildman–Crippen LogP) is 2.83. The van der Waals surface area contributed by atoms with E-state index >= 15 is 0 Å². The van der Waals surface area contributed by atoms with Gasteiger partial charge in [0.05, 0.1) is 0 Å². The van der Waals surface area contributed by atoms with Crippen molar-refractivity contribution in [2.75, 3.05) is 0 Å². The molecule has 1 aliphatic carbocycles. The largest absolute Gasteiger partial charge is 0.480 e. The molecule has 0 unspecified atom stereocenters. The second kappa shape index (κ2) is 5.64. The number of carbonyl (C=O) groups is 1. The highest BCUT2D eigenvalue weighted by Crippen LogP contribution is 2.28. The van der Waals surface area contributed by atoms with E-state index in [-0.39, 0.29) is 12.0 Å². The molecule has 3 heteroatoms. The van der Waals surface area contributed by atoms with Crippen molar-refractivity contribution in [1.29, 1.82) is 0 Å². The van der Waals surface area contributed by atoms with Gasteiger partial charge in [0.25, 0.3) is 5.91 Å². The van der Waals surface area contributed by atoms with Crippen LogP contribution in [-0.4, -0.2) is 18.1 Å². The molecular weight excluding hydrogens is 238 g/mol. The maximum atomic E-state index is 12.3. The molecule has 19 heavy (non-hydrogen) atoms. The monoisotopic (exact) mass is 259 g/mol. The van der Waals surface area contributed by atoms with Gasteiger partial charge in [-0.2, -0.15) is 0 Å². The minimum Gasteiger partial charge on any atom is -0.480 e. The molecule has 3 nitrogen and oxygen atoms in total. The summed E-state index contributed by atoms with van der Waals surface area (Å²) < 4.78 is 5.73. The summed E-state index contributed by atoms with van der Waals surface area (Å²) in [6.45, 7) is 0. The van der Waals surface area contributed by atoms with E-state index in [0.717, 1.165) is 24.2 Å².